The van der Waals surface area contributed by atoms with Gasteiger partial charge in [0.2, 0.25) is 0 Å². The smallest absolute Gasteiger partial charge is 0.122 e. The molecule has 1 unspecified atom stereocenters. The summed E-state index contributed by atoms with van der Waals surface area (Å²) in [6.45, 7) is 7.64. The van der Waals surface area contributed by atoms with Crippen molar-refractivity contribution in [2.75, 3.05) is 32.8 Å². The highest BCUT2D eigenvalue weighted by Crippen LogP contribution is 2.34. The lowest BCUT2D eigenvalue weighted by atomic mass is 10.00. The Balaban J connectivity index is 1.70. The molecule has 0 amide bonds. The van der Waals surface area contributed by atoms with Crippen LogP contribution in [0.4, 0.5) is 0 Å². The van der Waals surface area contributed by atoms with Gasteiger partial charge in [0, 0.05) is 43.7 Å². The minimum atomic E-state index is 0.548. The lowest BCUT2D eigenvalue weighted by Gasteiger charge is -2.35. The van der Waals surface area contributed by atoms with Gasteiger partial charge >= 0.3 is 0 Å². The van der Waals surface area contributed by atoms with E-state index in [9.17, 15) is 0 Å². The zero-order valence-electron chi connectivity index (χ0n) is 10.4. The number of rotatable bonds is 2. The van der Waals surface area contributed by atoms with E-state index >= 15 is 0 Å². The van der Waals surface area contributed by atoms with Crippen molar-refractivity contribution < 1.29 is 4.74 Å². The molecular formula is C14H20N2O. The normalized spacial score (nSPS) is 28.8. The highest BCUT2D eigenvalue weighted by atomic mass is 16.5. The number of nitrogens with zero attached hydrogens (tertiary/aromatic N) is 1. The van der Waals surface area contributed by atoms with Crippen LogP contribution >= 0.6 is 0 Å². The average molecular weight is 232 g/mol. The zero-order chi connectivity index (χ0) is 11.7. The first-order valence-corrected chi connectivity index (χ1v) is 6.51. The molecule has 1 aromatic rings. The van der Waals surface area contributed by atoms with E-state index in [0.717, 1.165) is 38.5 Å². The van der Waals surface area contributed by atoms with Crippen molar-refractivity contribution in [1.29, 1.82) is 0 Å². The third-order valence-electron chi connectivity index (χ3n) is 3.89. The fourth-order valence-corrected chi connectivity index (χ4v) is 2.82. The van der Waals surface area contributed by atoms with Gasteiger partial charge in [-0.2, -0.15) is 0 Å². The van der Waals surface area contributed by atoms with Crippen molar-refractivity contribution in [1.82, 2.24) is 10.2 Å². The summed E-state index contributed by atoms with van der Waals surface area (Å²) < 4.78 is 5.75. The van der Waals surface area contributed by atoms with Crippen LogP contribution in [0.2, 0.25) is 0 Å². The Kier molecular flexibility index (Phi) is 3.04. The van der Waals surface area contributed by atoms with Gasteiger partial charge in [0.1, 0.15) is 5.75 Å². The Labute approximate surface area is 103 Å². The number of benzene rings is 1. The molecule has 2 heterocycles. The number of fused-ring (bicyclic) bond motifs is 1. The van der Waals surface area contributed by atoms with Crippen LogP contribution in [0.25, 0.3) is 0 Å². The van der Waals surface area contributed by atoms with E-state index in [1.54, 1.807) is 0 Å². The summed E-state index contributed by atoms with van der Waals surface area (Å²) in [6, 6.07) is 9.09. The third kappa shape index (κ3) is 2.17. The minimum Gasteiger partial charge on any atom is -0.493 e. The molecule has 2 aliphatic heterocycles. The topological polar surface area (TPSA) is 24.5 Å². The first-order chi connectivity index (χ1) is 8.34. The van der Waals surface area contributed by atoms with E-state index in [0.29, 0.717) is 12.0 Å². The van der Waals surface area contributed by atoms with Crippen LogP contribution in [0, 0.1) is 0 Å². The van der Waals surface area contributed by atoms with Crippen LogP contribution in [0.1, 0.15) is 18.4 Å². The Morgan fingerprint density at radius 2 is 2.29 bits per heavy atom. The van der Waals surface area contributed by atoms with E-state index < -0.39 is 0 Å². The third-order valence-corrected chi connectivity index (χ3v) is 3.89. The van der Waals surface area contributed by atoms with E-state index in [4.69, 9.17) is 4.74 Å². The van der Waals surface area contributed by atoms with Crippen LogP contribution in [0.15, 0.2) is 24.3 Å². The van der Waals surface area contributed by atoms with Crippen LogP contribution < -0.4 is 10.1 Å². The van der Waals surface area contributed by atoms with E-state index in [-0.39, 0.29) is 0 Å². The van der Waals surface area contributed by atoms with Gasteiger partial charge in [-0.05, 0) is 13.0 Å². The van der Waals surface area contributed by atoms with Crippen LogP contribution in [-0.2, 0) is 0 Å². The second kappa shape index (κ2) is 4.67. The second-order valence-corrected chi connectivity index (χ2v) is 5.09. The number of para-hydroxylation sites is 1. The summed E-state index contributed by atoms with van der Waals surface area (Å²) in [6.07, 6.45) is 0. The van der Waals surface area contributed by atoms with Gasteiger partial charge in [0.05, 0.1) is 6.61 Å². The Hall–Kier alpha value is -1.06. The summed E-state index contributed by atoms with van der Waals surface area (Å²) in [5.41, 5.74) is 1.39. The number of ether oxygens (including phenoxy) is 1. The number of nitrogens with one attached hydrogen (secondary N) is 1. The standard InChI is InChI=1S/C14H20N2O/c1-11-8-15-6-7-16(11)9-12-10-17-14-5-3-2-4-13(12)14/h2-5,11-12,15H,6-10H2,1H3/t11-,12?/m1/s1. The maximum absolute atomic E-state index is 5.75. The SMILES string of the molecule is C[C@@H]1CNCCN1CC1COc2ccccc21. The fraction of sp³-hybridized carbons (Fsp3) is 0.571. The van der Waals surface area contributed by atoms with E-state index in [2.05, 4.69) is 41.4 Å². The Morgan fingerprint density at radius 3 is 3.18 bits per heavy atom. The van der Waals surface area contributed by atoms with Gasteiger partial charge in [-0.1, -0.05) is 18.2 Å². The molecule has 0 radical (unpaired) electrons. The molecule has 0 aromatic heterocycles. The molecule has 0 aliphatic carbocycles. The second-order valence-electron chi connectivity index (χ2n) is 5.09. The van der Waals surface area contributed by atoms with Gasteiger partial charge in [0.25, 0.3) is 0 Å². The number of piperazine rings is 1. The van der Waals surface area contributed by atoms with E-state index in [1.165, 1.54) is 5.56 Å². The van der Waals surface area contributed by atoms with Gasteiger partial charge in [-0.3, -0.25) is 4.90 Å². The Morgan fingerprint density at radius 1 is 1.41 bits per heavy atom. The highest BCUT2D eigenvalue weighted by molar-refractivity contribution is 5.39. The molecule has 3 heteroatoms. The molecule has 1 fully saturated rings. The predicted octanol–water partition coefficient (Wildman–Crippen LogP) is 1.46. The van der Waals surface area contributed by atoms with Crippen LogP contribution in [0.5, 0.6) is 5.75 Å². The quantitative estimate of drug-likeness (QED) is 0.835. The first kappa shape index (κ1) is 11.1. The maximum atomic E-state index is 5.75. The first-order valence-electron chi connectivity index (χ1n) is 6.51. The van der Waals surface area contributed by atoms with Gasteiger partial charge in [0.15, 0.2) is 0 Å². The van der Waals surface area contributed by atoms with Crippen LogP contribution in [-0.4, -0.2) is 43.7 Å². The van der Waals surface area contributed by atoms with Crippen molar-refractivity contribution in [2.24, 2.45) is 0 Å². The zero-order valence-corrected chi connectivity index (χ0v) is 10.4. The Bertz CT molecular complexity index is 394. The summed E-state index contributed by atoms with van der Waals surface area (Å²) in [7, 11) is 0. The van der Waals surface area contributed by atoms with Crippen molar-refractivity contribution in [3.63, 3.8) is 0 Å². The van der Waals surface area contributed by atoms with Gasteiger partial charge in [-0.15, -0.1) is 0 Å². The van der Waals surface area contributed by atoms with Crippen LogP contribution in [0.3, 0.4) is 0 Å². The molecule has 1 saturated heterocycles. The van der Waals surface area contributed by atoms with E-state index in [1.807, 2.05) is 0 Å². The predicted molar refractivity (Wildman–Crippen MR) is 68.6 cm³/mol. The van der Waals surface area contributed by atoms with Crippen molar-refractivity contribution in [3.05, 3.63) is 29.8 Å². The summed E-state index contributed by atoms with van der Waals surface area (Å²) >= 11 is 0. The molecule has 92 valence electrons. The maximum Gasteiger partial charge on any atom is 0.122 e. The summed E-state index contributed by atoms with van der Waals surface area (Å²) in [4.78, 5) is 2.58. The molecule has 3 rings (SSSR count). The van der Waals surface area contributed by atoms with Gasteiger partial charge in [-0.25, -0.2) is 0 Å². The minimum absolute atomic E-state index is 0.548. The molecule has 2 aliphatic rings. The lowest BCUT2D eigenvalue weighted by molar-refractivity contribution is 0.156. The number of hydrogen-bond acceptors (Lipinski definition) is 3. The molecule has 1 aromatic carbocycles. The molecule has 2 atom stereocenters. The lowest BCUT2D eigenvalue weighted by Crippen LogP contribution is -2.51. The highest BCUT2D eigenvalue weighted by Gasteiger charge is 2.28. The largest absolute Gasteiger partial charge is 0.493 e. The molecule has 1 N–H and O–H groups in total. The number of hydrogen-bond donors (Lipinski definition) is 1. The fourth-order valence-electron chi connectivity index (χ4n) is 2.82. The molecular weight excluding hydrogens is 212 g/mol. The molecule has 0 bridgehead atoms. The van der Waals surface area contributed by atoms with Crippen molar-refractivity contribution in [3.8, 4) is 5.75 Å². The monoisotopic (exact) mass is 232 g/mol. The van der Waals surface area contributed by atoms with Crippen molar-refractivity contribution >= 4 is 0 Å². The molecule has 3 nitrogen and oxygen atoms in total. The van der Waals surface area contributed by atoms with Crippen molar-refractivity contribution in [2.45, 2.75) is 18.9 Å². The molecule has 17 heavy (non-hydrogen) atoms. The molecule has 0 saturated carbocycles. The molecule has 0 spiro atoms. The summed E-state index contributed by atoms with van der Waals surface area (Å²) in [5.74, 6) is 1.63. The van der Waals surface area contributed by atoms with Gasteiger partial charge < -0.3 is 10.1 Å². The summed E-state index contributed by atoms with van der Waals surface area (Å²) in [5, 5.41) is 3.44. The average Bonchev–Trinajstić information content (AvgIpc) is 2.76.